The monoisotopic (exact) mass is 363 g/mol. The Morgan fingerprint density at radius 3 is 2.32 bits per heavy atom. The summed E-state index contributed by atoms with van der Waals surface area (Å²) in [5.74, 6) is -2.69. The predicted octanol–water partition coefficient (Wildman–Crippen LogP) is 0.532. The van der Waals surface area contributed by atoms with Gasteiger partial charge in [-0.15, -0.1) is 0 Å². The number of aliphatic carboxylic acids is 1. The third-order valence-corrected chi connectivity index (χ3v) is 5.93. The smallest absolute Gasteiger partial charge is 0.229 e. The molecule has 3 heterocycles. The van der Waals surface area contributed by atoms with E-state index in [1.807, 2.05) is 24.3 Å². The normalized spacial score (nSPS) is 31.4. The number of carbonyl (C=O) groups is 2. The Bertz CT molecular complexity index is 689. The minimum atomic E-state index is -1.17. The first-order chi connectivity index (χ1) is 12.1. The number of hydrogen-bond acceptors (Lipinski definition) is 5. The lowest BCUT2D eigenvalue weighted by Crippen LogP contribution is -2.54. The van der Waals surface area contributed by atoms with Crippen LogP contribution in [-0.2, 0) is 14.3 Å². The molecule has 6 nitrogen and oxygen atoms in total. The molecule has 0 radical (unpaired) electrons. The van der Waals surface area contributed by atoms with Crippen molar-refractivity contribution in [2.45, 2.75) is 25.0 Å². The van der Waals surface area contributed by atoms with Crippen molar-refractivity contribution < 1.29 is 19.4 Å². The first kappa shape index (κ1) is 16.7. The highest BCUT2D eigenvalue weighted by Crippen LogP contribution is 2.44. The molecule has 0 aromatic heterocycles. The van der Waals surface area contributed by atoms with E-state index < -0.39 is 17.8 Å². The molecular weight excluding hydrogens is 344 g/mol. The SMILES string of the molecule is O=C([O-])[C@@H]1[C@H](C(=O)N2CCN(c3ccccc3Cl)CC2)[C@H]2CC[C@@H]1O2. The predicted molar refractivity (Wildman–Crippen MR) is 90.1 cm³/mol. The summed E-state index contributed by atoms with van der Waals surface area (Å²) in [4.78, 5) is 28.3. The Kier molecular flexibility index (Phi) is 4.33. The number of amides is 1. The summed E-state index contributed by atoms with van der Waals surface area (Å²) in [6.07, 6.45) is 0.813. The number of benzene rings is 1. The molecule has 0 aliphatic carbocycles. The Labute approximate surface area is 151 Å². The fraction of sp³-hybridized carbons (Fsp3) is 0.556. The van der Waals surface area contributed by atoms with Gasteiger partial charge in [-0.05, 0) is 25.0 Å². The van der Waals surface area contributed by atoms with Crippen molar-refractivity contribution in [1.29, 1.82) is 0 Å². The van der Waals surface area contributed by atoms with Crippen LogP contribution in [0.15, 0.2) is 24.3 Å². The number of para-hydroxylation sites is 1. The van der Waals surface area contributed by atoms with Crippen LogP contribution < -0.4 is 10.0 Å². The Morgan fingerprint density at radius 2 is 1.68 bits per heavy atom. The van der Waals surface area contributed by atoms with Crippen LogP contribution in [0.5, 0.6) is 0 Å². The summed E-state index contributed by atoms with van der Waals surface area (Å²) < 4.78 is 5.68. The van der Waals surface area contributed by atoms with Gasteiger partial charge in [-0.3, -0.25) is 4.79 Å². The summed E-state index contributed by atoms with van der Waals surface area (Å²) >= 11 is 6.25. The lowest BCUT2D eigenvalue weighted by molar-refractivity contribution is -0.314. The Morgan fingerprint density at radius 1 is 1.04 bits per heavy atom. The third kappa shape index (κ3) is 2.87. The second-order valence-electron chi connectivity index (χ2n) is 6.92. The van der Waals surface area contributed by atoms with E-state index in [1.54, 1.807) is 4.90 Å². The van der Waals surface area contributed by atoms with Crippen molar-refractivity contribution >= 4 is 29.2 Å². The van der Waals surface area contributed by atoms with Gasteiger partial charge in [0.25, 0.3) is 0 Å². The van der Waals surface area contributed by atoms with Crippen molar-refractivity contribution in [2.24, 2.45) is 11.8 Å². The molecule has 2 bridgehead atoms. The number of anilines is 1. The molecule has 4 rings (SSSR count). The molecule has 3 aliphatic heterocycles. The highest BCUT2D eigenvalue weighted by Gasteiger charge is 2.53. The van der Waals surface area contributed by atoms with E-state index in [-0.39, 0.29) is 18.1 Å². The molecule has 4 atom stereocenters. The first-order valence-electron chi connectivity index (χ1n) is 8.71. The average molecular weight is 364 g/mol. The minimum absolute atomic E-state index is 0.111. The highest BCUT2D eigenvalue weighted by molar-refractivity contribution is 6.33. The fourth-order valence-corrected chi connectivity index (χ4v) is 4.63. The van der Waals surface area contributed by atoms with E-state index in [0.29, 0.717) is 37.6 Å². The van der Waals surface area contributed by atoms with Gasteiger partial charge in [-0.2, -0.15) is 0 Å². The van der Waals surface area contributed by atoms with Gasteiger partial charge in [-0.25, -0.2) is 0 Å². The zero-order valence-electron chi connectivity index (χ0n) is 13.8. The van der Waals surface area contributed by atoms with E-state index in [2.05, 4.69) is 4.90 Å². The molecular formula is C18H20ClN2O4-. The van der Waals surface area contributed by atoms with Crippen LogP contribution >= 0.6 is 11.6 Å². The second kappa shape index (κ2) is 6.50. The van der Waals surface area contributed by atoms with Crippen LogP contribution in [0, 0.1) is 11.8 Å². The molecule has 0 saturated carbocycles. The summed E-state index contributed by atoms with van der Waals surface area (Å²) in [6, 6.07) is 7.65. The Balaban J connectivity index is 1.43. The van der Waals surface area contributed by atoms with Crippen molar-refractivity contribution in [1.82, 2.24) is 4.90 Å². The standard InChI is InChI=1S/C18H21ClN2O4/c19-11-3-1-2-4-12(11)20-7-9-21(10-8-20)17(22)15-13-5-6-14(25-13)16(15)18(23)24/h1-4,13-16H,5-10H2,(H,23,24)/p-1/t13-,14+,15-,16+/m1/s1. The van der Waals surface area contributed by atoms with E-state index in [1.165, 1.54) is 0 Å². The molecule has 0 N–H and O–H groups in total. The molecule has 3 fully saturated rings. The summed E-state index contributed by atoms with van der Waals surface area (Å²) in [5, 5.41) is 12.2. The van der Waals surface area contributed by atoms with Crippen LogP contribution in [0.2, 0.25) is 5.02 Å². The number of fused-ring (bicyclic) bond motifs is 2. The van der Waals surface area contributed by atoms with Crippen LogP contribution in [-0.4, -0.2) is 55.2 Å². The van der Waals surface area contributed by atoms with E-state index >= 15 is 0 Å². The molecule has 0 spiro atoms. The number of rotatable bonds is 3. The molecule has 1 amide bonds. The van der Waals surface area contributed by atoms with Gasteiger partial charge in [0.1, 0.15) is 0 Å². The molecule has 25 heavy (non-hydrogen) atoms. The van der Waals surface area contributed by atoms with Crippen LogP contribution in [0.3, 0.4) is 0 Å². The maximum Gasteiger partial charge on any atom is 0.229 e. The zero-order valence-corrected chi connectivity index (χ0v) is 14.5. The maximum atomic E-state index is 12.9. The largest absolute Gasteiger partial charge is 0.550 e. The molecule has 3 saturated heterocycles. The van der Waals surface area contributed by atoms with E-state index in [9.17, 15) is 14.7 Å². The number of nitrogens with zero attached hydrogens (tertiary/aromatic N) is 2. The van der Waals surface area contributed by atoms with Gasteiger partial charge in [-0.1, -0.05) is 23.7 Å². The number of carboxylic acids is 1. The van der Waals surface area contributed by atoms with Crippen molar-refractivity contribution in [2.75, 3.05) is 31.1 Å². The molecule has 0 unspecified atom stereocenters. The van der Waals surface area contributed by atoms with Crippen molar-refractivity contribution in [3.63, 3.8) is 0 Å². The van der Waals surface area contributed by atoms with Crippen LogP contribution in [0.1, 0.15) is 12.8 Å². The van der Waals surface area contributed by atoms with Crippen LogP contribution in [0.4, 0.5) is 5.69 Å². The van der Waals surface area contributed by atoms with Gasteiger partial charge in [0, 0.05) is 38.1 Å². The van der Waals surface area contributed by atoms with Gasteiger partial charge in [0.15, 0.2) is 0 Å². The summed E-state index contributed by atoms with van der Waals surface area (Å²) in [5.41, 5.74) is 0.965. The topological polar surface area (TPSA) is 72.9 Å². The molecule has 3 aliphatic rings. The van der Waals surface area contributed by atoms with E-state index in [4.69, 9.17) is 16.3 Å². The number of halogens is 1. The lowest BCUT2D eigenvalue weighted by atomic mass is 9.78. The Hall–Kier alpha value is -1.79. The molecule has 1 aromatic rings. The number of ether oxygens (including phenoxy) is 1. The fourth-order valence-electron chi connectivity index (χ4n) is 4.38. The van der Waals surface area contributed by atoms with Gasteiger partial charge >= 0.3 is 0 Å². The average Bonchev–Trinajstić information content (AvgIpc) is 3.23. The summed E-state index contributed by atoms with van der Waals surface area (Å²) in [7, 11) is 0. The highest BCUT2D eigenvalue weighted by atomic mass is 35.5. The number of hydrogen-bond donors (Lipinski definition) is 0. The number of carbonyl (C=O) groups excluding carboxylic acids is 2. The lowest BCUT2D eigenvalue weighted by Gasteiger charge is -2.39. The van der Waals surface area contributed by atoms with Gasteiger partial charge in [0.2, 0.25) is 5.91 Å². The number of carboxylic acid groups (broad SMARTS) is 1. The van der Waals surface area contributed by atoms with Crippen molar-refractivity contribution in [3.8, 4) is 0 Å². The molecule has 7 heteroatoms. The first-order valence-corrected chi connectivity index (χ1v) is 9.08. The van der Waals surface area contributed by atoms with Crippen molar-refractivity contribution in [3.05, 3.63) is 29.3 Å². The maximum absolute atomic E-state index is 12.9. The summed E-state index contributed by atoms with van der Waals surface area (Å²) in [6.45, 7) is 2.45. The van der Waals surface area contributed by atoms with Gasteiger partial charge in [0.05, 0.1) is 28.8 Å². The molecule has 1 aromatic carbocycles. The second-order valence-corrected chi connectivity index (χ2v) is 7.33. The minimum Gasteiger partial charge on any atom is -0.550 e. The van der Waals surface area contributed by atoms with Crippen LogP contribution in [0.25, 0.3) is 0 Å². The third-order valence-electron chi connectivity index (χ3n) is 5.62. The molecule has 134 valence electrons. The quantitative estimate of drug-likeness (QED) is 0.783. The van der Waals surface area contributed by atoms with Gasteiger partial charge < -0.3 is 24.4 Å². The zero-order chi connectivity index (χ0) is 17.6. The number of piperazine rings is 1. The van der Waals surface area contributed by atoms with E-state index in [0.717, 1.165) is 12.1 Å².